The molecule has 8 nitrogen and oxygen atoms in total. The van der Waals surface area contributed by atoms with Gasteiger partial charge in [0.15, 0.2) is 0 Å². The number of amides is 2. The predicted molar refractivity (Wildman–Crippen MR) is 173 cm³/mol. The Hall–Kier alpha value is -4.34. The number of benzene rings is 4. The molecule has 0 radical (unpaired) electrons. The summed E-state index contributed by atoms with van der Waals surface area (Å²) in [7, 11) is -2.68. The number of hydrogen-bond acceptors (Lipinski definition) is 5. The van der Waals surface area contributed by atoms with E-state index in [0.717, 1.165) is 9.87 Å². The molecule has 0 aliphatic heterocycles. The van der Waals surface area contributed by atoms with Crippen molar-refractivity contribution in [3.05, 3.63) is 125 Å². The molecule has 0 bridgehead atoms. The van der Waals surface area contributed by atoms with E-state index in [2.05, 4.69) is 5.32 Å². The molecule has 0 aliphatic carbocycles. The maximum Gasteiger partial charge on any atom is 0.264 e. The summed E-state index contributed by atoms with van der Waals surface area (Å²) in [5.41, 5.74) is 1.71. The molecule has 44 heavy (non-hydrogen) atoms. The lowest BCUT2D eigenvalue weighted by molar-refractivity contribution is -0.140. The highest BCUT2D eigenvalue weighted by Gasteiger charge is 2.35. The Kier molecular flexibility index (Phi) is 11.0. The van der Waals surface area contributed by atoms with E-state index in [-0.39, 0.29) is 40.5 Å². The number of methoxy groups -OCH3 is 1. The van der Waals surface area contributed by atoms with Crippen molar-refractivity contribution in [3.8, 4) is 5.75 Å². The van der Waals surface area contributed by atoms with Gasteiger partial charge in [0.2, 0.25) is 11.8 Å². The van der Waals surface area contributed by atoms with Crippen molar-refractivity contribution in [2.24, 2.45) is 0 Å². The first kappa shape index (κ1) is 32.6. The quantitative estimate of drug-likeness (QED) is 0.204. The number of carbonyl (C=O) groups is 2. The van der Waals surface area contributed by atoms with Crippen LogP contribution in [0.15, 0.2) is 114 Å². The second-order valence-electron chi connectivity index (χ2n) is 10.5. The van der Waals surface area contributed by atoms with Gasteiger partial charge in [-0.2, -0.15) is 0 Å². The Morgan fingerprint density at radius 2 is 1.45 bits per heavy atom. The average Bonchev–Trinajstić information content (AvgIpc) is 3.02. The highest BCUT2D eigenvalue weighted by Crippen LogP contribution is 2.31. The fraction of sp³-hybridized carbons (Fsp3) is 0.235. The molecule has 4 rings (SSSR count). The van der Waals surface area contributed by atoms with Crippen LogP contribution < -0.4 is 14.4 Å². The number of halogens is 1. The number of nitrogens with zero attached hydrogens (tertiary/aromatic N) is 2. The molecule has 4 aromatic rings. The molecule has 10 heteroatoms. The number of sulfonamides is 1. The van der Waals surface area contributed by atoms with Crippen molar-refractivity contribution in [2.75, 3.05) is 18.0 Å². The van der Waals surface area contributed by atoms with Gasteiger partial charge in [-0.3, -0.25) is 13.9 Å². The van der Waals surface area contributed by atoms with E-state index >= 15 is 0 Å². The van der Waals surface area contributed by atoms with Gasteiger partial charge in [-0.15, -0.1) is 0 Å². The Balaban J connectivity index is 1.82. The SMILES string of the molecule is COc1cccc(CN(C(=O)CN(c2ccccc2Cl)S(=O)(=O)c2ccccc2)C(Cc2ccccc2)C(=O)NC(C)C)c1. The third-order valence-corrected chi connectivity index (χ3v) is 9.01. The van der Waals surface area contributed by atoms with E-state index in [9.17, 15) is 18.0 Å². The van der Waals surface area contributed by atoms with E-state index in [1.165, 1.54) is 17.0 Å². The molecule has 4 aromatic carbocycles. The number of anilines is 1. The minimum atomic E-state index is -4.23. The summed E-state index contributed by atoms with van der Waals surface area (Å²) in [4.78, 5) is 29.7. The molecule has 0 aliphatic rings. The molecule has 0 saturated heterocycles. The van der Waals surface area contributed by atoms with Crippen molar-refractivity contribution in [3.63, 3.8) is 0 Å². The number of para-hydroxylation sites is 1. The number of carbonyl (C=O) groups excluding carboxylic acids is 2. The third kappa shape index (κ3) is 8.18. The lowest BCUT2D eigenvalue weighted by atomic mass is 10.0. The molecule has 0 fully saturated rings. The highest BCUT2D eigenvalue weighted by molar-refractivity contribution is 7.92. The van der Waals surface area contributed by atoms with E-state index < -0.39 is 28.5 Å². The van der Waals surface area contributed by atoms with Gasteiger partial charge in [-0.1, -0.05) is 84.4 Å². The van der Waals surface area contributed by atoms with Gasteiger partial charge < -0.3 is 15.0 Å². The molecule has 0 spiro atoms. The zero-order valence-corrected chi connectivity index (χ0v) is 26.5. The number of hydrogen-bond donors (Lipinski definition) is 1. The maximum atomic E-state index is 14.5. The van der Waals surface area contributed by atoms with Crippen molar-refractivity contribution in [1.29, 1.82) is 0 Å². The highest BCUT2D eigenvalue weighted by atomic mass is 35.5. The topological polar surface area (TPSA) is 96.0 Å². The van der Waals surface area contributed by atoms with Crippen LogP contribution in [-0.2, 0) is 32.6 Å². The van der Waals surface area contributed by atoms with Crippen molar-refractivity contribution < 1.29 is 22.7 Å². The fourth-order valence-corrected chi connectivity index (χ4v) is 6.53. The average molecular weight is 634 g/mol. The number of ether oxygens (including phenoxy) is 1. The molecule has 0 aromatic heterocycles. The first-order valence-electron chi connectivity index (χ1n) is 14.2. The summed E-state index contributed by atoms with van der Waals surface area (Å²) < 4.78 is 34.5. The van der Waals surface area contributed by atoms with Gasteiger partial charge in [-0.25, -0.2) is 8.42 Å². The summed E-state index contributed by atoms with van der Waals surface area (Å²) in [5, 5.41) is 3.11. The molecular formula is C34H36ClN3O5S. The Morgan fingerprint density at radius 3 is 2.09 bits per heavy atom. The van der Waals surface area contributed by atoms with Gasteiger partial charge in [0.1, 0.15) is 18.3 Å². The second-order valence-corrected chi connectivity index (χ2v) is 12.8. The summed E-state index contributed by atoms with van der Waals surface area (Å²) >= 11 is 6.51. The van der Waals surface area contributed by atoms with Crippen LogP contribution in [0.2, 0.25) is 5.02 Å². The van der Waals surface area contributed by atoms with Crippen LogP contribution in [0.1, 0.15) is 25.0 Å². The van der Waals surface area contributed by atoms with E-state index in [1.54, 1.807) is 67.8 Å². The predicted octanol–water partition coefficient (Wildman–Crippen LogP) is 5.71. The minimum absolute atomic E-state index is 0.00505. The van der Waals surface area contributed by atoms with E-state index in [0.29, 0.717) is 11.3 Å². The lowest BCUT2D eigenvalue weighted by Gasteiger charge is -2.34. The monoisotopic (exact) mass is 633 g/mol. The normalized spacial score (nSPS) is 11.9. The van der Waals surface area contributed by atoms with Crippen LogP contribution in [0, 0.1) is 0 Å². The summed E-state index contributed by atoms with van der Waals surface area (Å²) in [6, 6.07) is 29.8. The standard InChI is InChI=1S/C34H36ClN3O5S/c1-25(2)36-34(40)32(22-26-13-6-4-7-14-26)37(23-27-15-12-16-28(21-27)43-3)33(39)24-38(31-20-11-10-19-30(31)35)44(41,42)29-17-8-5-9-18-29/h4-21,25,32H,22-24H2,1-3H3,(H,36,40). The summed E-state index contributed by atoms with van der Waals surface area (Å²) in [6.45, 7) is 3.13. The molecular weight excluding hydrogens is 598 g/mol. The Morgan fingerprint density at radius 1 is 0.841 bits per heavy atom. The smallest absolute Gasteiger partial charge is 0.264 e. The number of nitrogens with one attached hydrogen (secondary N) is 1. The van der Waals surface area contributed by atoms with E-state index in [4.69, 9.17) is 16.3 Å². The molecule has 0 heterocycles. The van der Waals surface area contributed by atoms with Crippen LogP contribution >= 0.6 is 11.6 Å². The molecule has 1 atom stereocenters. The molecule has 230 valence electrons. The molecule has 1 N–H and O–H groups in total. The van der Waals surface area contributed by atoms with Gasteiger partial charge >= 0.3 is 0 Å². The third-order valence-electron chi connectivity index (χ3n) is 6.92. The van der Waals surface area contributed by atoms with Crippen LogP contribution in [0.25, 0.3) is 0 Å². The number of rotatable bonds is 13. The first-order valence-corrected chi connectivity index (χ1v) is 16.0. The zero-order chi connectivity index (χ0) is 31.7. The van der Waals surface area contributed by atoms with Crippen LogP contribution in [0.4, 0.5) is 5.69 Å². The summed E-state index contributed by atoms with van der Waals surface area (Å²) in [5.74, 6) is -0.340. The van der Waals surface area contributed by atoms with Gasteiger partial charge in [0.05, 0.1) is 22.7 Å². The lowest BCUT2D eigenvalue weighted by Crippen LogP contribution is -2.54. The van der Waals surface area contributed by atoms with Crippen LogP contribution in [-0.4, -0.2) is 50.9 Å². The largest absolute Gasteiger partial charge is 0.497 e. The maximum absolute atomic E-state index is 14.5. The van der Waals surface area contributed by atoms with Crippen LogP contribution in [0.3, 0.4) is 0 Å². The van der Waals surface area contributed by atoms with Crippen molar-refractivity contribution >= 4 is 39.1 Å². The zero-order valence-electron chi connectivity index (χ0n) is 24.9. The minimum Gasteiger partial charge on any atom is -0.497 e. The fourth-order valence-electron chi connectivity index (χ4n) is 4.79. The van der Waals surface area contributed by atoms with Crippen molar-refractivity contribution in [2.45, 2.75) is 43.8 Å². The Labute approximate surface area is 264 Å². The van der Waals surface area contributed by atoms with E-state index in [1.807, 2.05) is 50.2 Å². The summed E-state index contributed by atoms with van der Waals surface area (Å²) in [6.07, 6.45) is 0.215. The Bertz CT molecular complexity index is 1670. The first-order chi connectivity index (χ1) is 21.1. The molecule has 2 amide bonds. The van der Waals surface area contributed by atoms with Crippen molar-refractivity contribution in [1.82, 2.24) is 10.2 Å². The van der Waals surface area contributed by atoms with Crippen LogP contribution in [0.5, 0.6) is 5.75 Å². The van der Waals surface area contributed by atoms with Gasteiger partial charge in [0, 0.05) is 19.0 Å². The molecule has 0 saturated carbocycles. The van der Waals surface area contributed by atoms with Gasteiger partial charge in [0.25, 0.3) is 10.0 Å². The molecule has 1 unspecified atom stereocenters. The van der Waals surface area contributed by atoms with Gasteiger partial charge in [-0.05, 0) is 61.4 Å². The second kappa shape index (κ2) is 14.9.